The Hall–Kier alpha value is -2.42. The fourth-order valence-electron chi connectivity index (χ4n) is 2.63. The first kappa shape index (κ1) is 13.6. The molecule has 0 aliphatic heterocycles. The largest absolute Gasteiger partial charge is 0.287 e. The summed E-state index contributed by atoms with van der Waals surface area (Å²) in [7, 11) is 0. The van der Waals surface area contributed by atoms with Gasteiger partial charge < -0.3 is 0 Å². The van der Waals surface area contributed by atoms with Crippen LogP contribution >= 0.6 is 0 Å². The molecule has 0 saturated carbocycles. The Balaban J connectivity index is 2.15. The smallest absolute Gasteiger partial charge is 0.211 e. The van der Waals surface area contributed by atoms with Crippen molar-refractivity contribution in [3.63, 3.8) is 0 Å². The molecule has 3 rings (SSSR count). The highest BCUT2D eigenvalue weighted by Crippen LogP contribution is 2.22. The van der Waals surface area contributed by atoms with Crippen molar-refractivity contribution < 1.29 is 4.79 Å². The van der Waals surface area contributed by atoms with Crippen LogP contribution in [0.1, 0.15) is 35.6 Å². The number of aromatic nitrogens is 2. The number of carbonyl (C=O) groups excluding carboxylic acids is 1. The van der Waals surface area contributed by atoms with Gasteiger partial charge in [-0.2, -0.15) is 5.10 Å². The van der Waals surface area contributed by atoms with E-state index >= 15 is 0 Å². The zero-order valence-electron chi connectivity index (χ0n) is 12.3. The van der Waals surface area contributed by atoms with E-state index in [9.17, 15) is 4.79 Å². The van der Waals surface area contributed by atoms with Crippen LogP contribution in [-0.4, -0.2) is 15.6 Å². The van der Waals surface area contributed by atoms with Gasteiger partial charge in [0.25, 0.3) is 0 Å². The lowest BCUT2D eigenvalue weighted by Crippen LogP contribution is -2.10. The van der Waals surface area contributed by atoms with E-state index in [-0.39, 0.29) is 5.78 Å². The van der Waals surface area contributed by atoms with Crippen LogP contribution in [0.25, 0.3) is 10.8 Å². The van der Waals surface area contributed by atoms with Crippen LogP contribution in [0.4, 0.5) is 0 Å². The summed E-state index contributed by atoms with van der Waals surface area (Å²) >= 11 is 0. The molecule has 0 spiro atoms. The molecule has 0 aliphatic carbocycles. The summed E-state index contributed by atoms with van der Waals surface area (Å²) in [5.41, 5.74) is 2.37. The van der Waals surface area contributed by atoms with Crippen molar-refractivity contribution in [1.82, 2.24) is 9.78 Å². The average molecular weight is 278 g/mol. The number of hydrogen-bond donors (Lipinski definition) is 0. The molecule has 0 fully saturated rings. The van der Waals surface area contributed by atoms with Crippen LogP contribution in [0.15, 0.2) is 48.5 Å². The van der Waals surface area contributed by atoms with Crippen molar-refractivity contribution in [2.75, 3.05) is 0 Å². The number of rotatable bonds is 4. The second kappa shape index (κ2) is 5.52. The van der Waals surface area contributed by atoms with Crippen LogP contribution in [0, 0.1) is 0 Å². The molecule has 0 radical (unpaired) electrons. The Kier molecular flexibility index (Phi) is 3.57. The molecule has 0 unspecified atom stereocenters. The van der Waals surface area contributed by atoms with Gasteiger partial charge in [0.15, 0.2) is 0 Å². The molecule has 0 bridgehead atoms. The van der Waals surface area contributed by atoms with Crippen LogP contribution < -0.4 is 0 Å². The van der Waals surface area contributed by atoms with E-state index in [1.54, 1.807) is 4.68 Å². The number of aryl methyl sites for hydroxylation is 2. The Morgan fingerprint density at radius 2 is 1.86 bits per heavy atom. The second-order valence-electron chi connectivity index (χ2n) is 5.05. The summed E-state index contributed by atoms with van der Waals surface area (Å²) in [5.74, 6) is 0.0425. The van der Waals surface area contributed by atoms with Crippen LogP contribution in [0.5, 0.6) is 0 Å². The Labute approximate surface area is 124 Å². The van der Waals surface area contributed by atoms with Gasteiger partial charge in [-0.1, -0.05) is 49.4 Å². The summed E-state index contributed by atoms with van der Waals surface area (Å²) in [5, 5.41) is 6.55. The van der Waals surface area contributed by atoms with E-state index in [0.29, 0.717) is 12.2 Å². The third-order valence-corrected chi connectivity index (χ3v) is 3.76. The number of carbonyl (C=O) groups is 1. The summed E-state index contributed by atoms with van der Waals surface area (Å²) < 4.78 is 1.79. The molecule has 0 N–H and O–H groups in total. The Morgan fingerprint density at radius 1 is 1.10 bits per heavy atom. The minimum Gasteiger partial charge on any atom is -0.287 e. The summed E-state index contributed by atoms with van der Waals surface area (Å²) in [6.45, 7) is 4.76. The molecular formula is C18H18N2O. The molecule has 1 heterocycles. The molecule has 2 aromatic carbocycles. The molecule has 0 saturated heterocycles. The molecule has 3 nitrogen and oxygen atoms in total. The Bertz CT molecular complexity index is 797. The van der Waals surface area contributed by atoms with E-state index in [1.165, 1.54) is 0 Å². The van der Waals surface area contributed by atoms with Crippen molar-refractivity contribution in [2.45, 2.75) is 26.8 Å². The molecule has 1 aromatic heterocycles. The number of benzene rings is 2. The van der Waals surface area contributed by atoms with Crippen LogP contribution in [0.3, 0.4) is 0 Å². The van der Waals surface area contributed by atoms with E-state index < -0.39 is 0 Å². The van der Waals surface area contributed by atoms with E-state index in [1.807, 2.05) is 55.5 Å². The SMILES string of the molecule is CCc1cc(C(=O)c2cccc3ccccc23)n(CC)n1. The molecule has 106 valence electrons. The molecule has 3 heteroatoms. The maximum atomic E-state index is 12.9. The highest BCUT2D eigenvalue weighted by atomic mass is 16.1. The number of fused-ring (bicyclic) bond motifs is 1. The first-order valence-corrected chi connectivity index (χ1v) is 7.33. The fourth-order valence-corrected chi connectivity index (χ4v) is 2.63. The summed E-state index contributed by atoms with van der Waals surface area (Å²) in [4.78, 5) is 12.9. The van der Waals surface area contributed by atoms with Crippen molar-refractivity contribution in [3.8, 4) is 0 Å². The van der Waals surface area contributed by atoms with Gasteiger partial charge in [0.1, 0.15) is 5.69 Å². The zero-order chi connectivity index (χ0) is 14.8. The predicted molar refractivity (Wildman–Crippen MR) is 84.7 cm³/mol. The lowest BCUT2D eigenvalue weighted by Gasteiger charge is -2.07. The van der Waals surface area contributed by atoms with Gasteiger partial charge in [-0.25, -0.2) is 0 Å². The molecule has 0 atom stereocenters. The van der Waals surface area contributed by atoms with Gasteiger partial charge in [0, 0.05) is 12.1 Å². The first-order valence-electron chi connectivity index (χ1n) is 7.33. The average Bonchev–Trinajstić information content (AvgIpc) is 2.97. The lowest BCUT2D eigenvalue weighted by molar-refractivity contribution is 0.103. The third kappa shape index (κ3) is 2.35. The number of ketones is 1. The molecule has 3 aromatic rings. The van der Waals surface area contributed by atoms with E-state index in [0.717, 1.165) is 28.5 Å². The molecular weight excluding hydrogens is 260 g/mol. The maximum absolute atomic E-state index is 12.9. The Morgan fingerprint density at radius 3 is 2.62 bits per heavy atom. The van der Waals surface area contributed by atoms with Gasteiger partial charge in [-0.3, -0.25) is 9.48 Å². The highest BCUT2D eigenvalue weighted by Gasteiger charge is 2.17. The number of nitrogens with zero attached hydrogens (tertiary/aromatic N) is 2. The van der Waals surface area contributed by atoms with E-state index in [2.05, 4.69) is 12.0 Å². The monoisotopic (exact) mass is 278 g/mol. The number of hydrogen-bond acceptors (Lipinski definition) is 2. The fraction of sp³-hybridized carbons (Fsp3) is 0.222. The highest BCUT2D eigenvalue weighted by molar-refractivity contribution is 6.15. The minimum absolute atomic E-state index is 0.0425. The van der Waals surface area contributed by atoms with Crippen molar-refractivity contribution in [3.05, 3.63) is 65.5 Å². The normalized spacial score (nSPS) is 11.0. The summed E-state index contributed by atoms with van der Waals surface area (Å²) in [6.07, 6.45) is 0.836. The third-order valence-electron chi connectivity index (χ3n) is 3.76. The topological polar surface area (TPSA) is 34.9 Å². The molecule has 0 amide bonds. The maximum Gasteiger partial charge on any atom is 0.211 e. The van der Waals surface area contributed by atoms with Crippen molar-refractivity contribution in [1.29, 1.82) is 0 Å². The minimum atomic E-state index is 0.0425. The van der Waals surface area contributed by atoms with Crippen LogP contribution in [0.2, 0.25) is 0 Å². The molecule has 0 aliphatic rings. The van der Waals surface area contributed by atoms with Gasteiger partial charge in [0.05, 0.1) is 5.69 Å². The quantitative estimate of drug-likeness (QED) is 0.679. The van der Waals surface area contributed by atoms with Gasteiger partial charge in [0.2, 0.25) is 5.78 Å². The predicted octanol–water partition coefficient (Wildman–Crippen LogP) is 3.85. The van der Waals surface area contributed by atoms with E-state index in [4.69, 9.17) is 0 Å². The molecule has 21 heavy (non-hydrogen) atoms. The van der Waals surface area contributed by atoms with Crippen molar-refractivity contribution in [2.24, 2.45) is 0 Å². The second-order valence-corrected chi connectivity index (χ2v) is 5.05. The summed E-state index contributed by atoms with van der Waals surface area (Å²) in [6, 6.07) is 15.7. The van der Waals surface area contributed by atoms with Gasteiger partial charge in [-0.15, -0.1) is 0 Å². The van der Waals surface area contributed by atoms with Crippen molar-refractivity contribution >= 4 is 16.6 Å². The lowest BCUT2D eigenvalue weighted by atomic mass is 9.99. The van der Waals surface area contributed by atoms with Crippen LogP contribution in [-0.2, 0) is 13.0 Å². The zero-order valence-corrected chi connectivity index (χ0v) is 12.3. The standard InChI is InChI=1S/C18H18N2O/c1-3-14-12-17(20(4-2)19-14)18(21)16-11-7-9-13-8-5-6-10-15(13)16/h5-12H,3-4H2,1-2H3. The van der Waals surface area contributed by atoms with Gasteiger partial charge in [-0.05, 0) is 30.2 Å². The van der Waals surface area contributed by atoms with Gasteiger partial charge >= 0.3 is 0 Å². The first-order chi connectivity index (χ1) is 10.2.